The molecule has 0 saturated heterocycles. The van der Waals surface area contributed by atoms with Crippen molar-refractivity contribution in [2.75, 3.05) is 0 Å². The molecule has 1 fully saturated rings. The van der Waals surface area contributed by atoms with E-state index in [1.165, 1.54) is 12.1 Å². The van der Waals surface area contributed by atoms with Crippen LogP contribution in [0.15, 0.2) is 18.2 Å². The van der Waals surface area contributed by atoms with Crippen molar-refractivity contribution in [1.82, 2.24) is 0 Å². The van der Waals surface area contributed by atoms with E-state index in [0.717, 1.165) is 12.8 Å². The number of hydrogen-bond acceptors (Lipinski definition) is 3. The third-order valence-corrected chi connectivity index (χ3v) is 2.91. The first-order valence-corrected chi connectivity index (χ1v) is 5.17. The zero-order valence-electron chi connectivity index (χ0n) is 8.43. The van der Waals surface area contributed by atoms with Gasteiger partial charge in [0.1, 0.15) is 0 Å². The minimum absolute atomic E-state index is 0. The van der Waals surface area contributed by atoms with Gasteiger partial charge in [-0.2, -0.15) is 0 Å². The Balaban J connectivity index is 0.00000128. The van der Waals surface area contributed by atoms with Crippen molar-refractivity contribution in [2.24, 2.45) is 11.7 Å². The van der Waals surface area contributed by atoms with Crippen LogP contribution in [-0.2, 0) is 0 Å². The van der Waals surface area contributed by atoms with Crippen molar-refractivity contribution in [3.05, 3.63) is 38.9 Å². The number of benzene rings is 1. The molecule has 1 aromatic rings. The fourth-order valence-corrected chi connectivity index (χ4v) is 1.85. The summed E-state index contributed by atoms with van der Waals surface area (Å²) in [4.78, 5) is 10.4. The molecule has 0 spiro atoms. The number of nitro groups is 1. The summed E-state index contributed by atoms with van der Waals surface area (Å²) in [5, 5.41) is 11.3. The molecule has 0 heterocycles. The van der Waals surface area contributed by atoms with Crippen LogP contribution in [0.2, 0.25) is 5.02 Å². The quantitative estimate of drug-likeness (QED) is 0.673. The van der Waals surface area contributed by atoms with E-state index in [0.29, 0.717) is 16.5 Å². The lowest BCUT2D eigenvalue weighted by molar-refractivity contribution is -0.385. The van der Waals surface area contributed by atoms with Crippen molar-refractivity contribution in [2.45, 2.75) is 18.9 Å². The van der Waals surface area contributed by atoms with Gasteiger partial charge in [-0.15, -0.1) is 12.4 Å². The molecular weight excluding hydrogens is 251 g/mol. The van der Waals surface area contributed by atoms with E-state index in [1.54, 1.807) is 6.07 Å². The van der Waals surface area contributed by atoms with E-state index in [2.05, 4.69) is 0 Å². The maximum absolute atomic E-state index is 10.8. The average molecular weight is 263 g/mol. The van der Waals surface area contributed by atoms with Crippen LogP contribution in [0.25, 0.3) is 0 Å². The van der Waals surface area contributed by atoms with E-state index in [9.17, 15) is 10.1 Å². The molecule has 0 radical (unpaired) electrons. The van der Waals surface area contributed by atoms with Crippen LogP contribution in [-0.4, -0.2) is 4.92 Å². The molecule has 6 heteroatoms. The number of nitrogens with two attached hydrogens (primary N) is 1. The highest BCUT2D eigenvalue weighted by Crippen LogP contribution is 2.42. The van der Waals surface area contributed by atoms with Crippen molar-refractivity contribution in [3.63, 3.8) is 0 Å². The predicted octanol–water partition coefficient (Wildman–Crippen LogP) is 3.08. The highest BCUT2D eigenvalue weighted by atomic mass is 35.5. The molecule has 1 atom stereocenters. The summed E-state index contributed by atoms with van der Waals surface area (Å²) in [7, 11) is 0. The number of nitrogens with zero attached hydrogens (tertiary/aromatic N) is 1. The molecule has 0 bridgehead atoms. The maximum atomic E-state index is 10.8. The molecule has 0 aliphatic heterocycles. The zero-order chi connectivity index (χ0) is 11.0. The van der Waals surface area contributed by atoms with Gasteiger partial charge >= 0.3 is 0 Å². The second-order valence-electron chi connectivity index (χ2n) is 3.82. The van der Waals surface area contributed by atoms with Crippen LogP contribution >= 0.6 is 24.0 Å². The summed E-state index contributed by atoms with van der Waals surface area (Å²) in [6.07, 6.45) is 2.09. The topological polar surface area (TPSA) is 69.2 Å². The normalized spacial score (nSPS) is 16.4. The molecule has 16 heavy (non-hydrogen) atoms. The Kier molecular flexibility index (Phi) is 4.13. The summed E-state index contributed by atoms with van der Waals surface area (Å²) in [6.45, 7) is 0. The molecule has 1 aliphatic rings. The third kappa shape index (κ3) is 2.64. The molecule has 2 rings (SSSR count). The second-order valence-corrected chi connectivity index (χ2v) is 4.26. The van der Waals surface area contributed by atoms with Crippen LogP contribution in [0.3, 0.4) is 0 Å². The Morgan fingerprint density at radius 1 is 1.50 bits per heavy atom. The van der Waals surface area contributed by atoms with Crippen LogP contribution in [0, 0.1) is 16.0 Å². The molecule has 2 N–H and O–H groups in total. The van der Waals surface area contributed by atoms with E-state index in [4.69, 9.17) is 17.3 Å². The van der Waals surface area contributed by atoms with Gasteiger partial charge in [-0.25, -0.2) is 0 Å². The fraction of sp³-hybridized carbons (Fsp3) is 0.400. The minimum Gasteiger partial charge on any atom is -0.324 e. The van der Waals surface area contributed by atoms with Gasteiger partial charge in [0.2, 0.25) is 0 Å². The Labute approximate surface area is 104 Å². The van der Waals surface area contributed by atoms with Gasteiger partial charge in [0.05, 0.1) is 4.92 Å². The molecule has 1 aliphatic carbocycles. The van der Waals surface area contributed by atoms with Gasteiger partial charge in [-0.3, -0.25) is 10.1 Å². The van der Waals surface area contributed by atoms with Crippen molar-refractivity contribution in [1.29, 1.82) is 0 Å². The molecule has 1 aromatic carbocycles. The standard InChI is InChI=1S/C10H11ClN2O2.ClH/c11-7-3-4-9(13(14)15)8(5-7)10(12)6-1-2-6;/h3-6,10H,1-2,12H2;1H/t10-;/m0./s1. The Morgan fingerprint density at radius 3 is 2.62 bits per heavy atom. The summed E-state index contributed by atoms with van der Waals surface area (Å²) in [5.74, 6) is 0.377. The summed E-state index contributed by atoms with van der Waals surface area (Å²) in [6, 6.07) is 4.27. The van der Waals surface area contributed by atoms with E-state index in [1.807, 2.05) is 0 Å². The number of halogens is 2. The summed E-state index contributed by atoms with van der Waals surface area (Å²) in [5.41, 5.74) is 6.56. The Morgan fingerprint density at radius 2 is 2.12 bits per heavy atom. The van der Waals surface area contributed by atoms with Gasteiger partial charge < -0.3 is 5.73 Å². The first-order valence-electron chi connectivity index (χ1n) is 4.79. The lowest BCUT2D eigenvalue weighted by Crippen LogP contribution is -2.14. The van der Waals surface area contributed by atoms with E-state index >= 15 is 0 Å². The van der Waals surface area contributed by atoms with Crippen LogP contribution in [0.1, 0.15) is 24.4 Å². The molecule has 1 saturated carbocycles. The Hall–Kier alpha value is -0.840. The van der Waals surface area contributed by atoms with Crippen LogP contribution < -0.4 is 5.73 Å². The molecule has 0 amide bonds. The molecule has 88 valence electrons. The number of hydrogen-bond donors (Lipinski definition) is 1. The molecular formula is C10H12Cl2N2O2. The highest BCUT2D eigenvalue weighted by Gasteiger charge is 2.33. The van der Waals surface area contributed by atoms with Crippen LogP contribution in [0.4, 0.5) is 5.69 Å². The summed E-state index contributed by atoms with van der Waals surface area (Å²) < 4.78 is 0. The highest BCUT2D eigenvalue weighted by molar-refractivity contribution is 6.30. The number of rotatable bonds is 3. The van der Waals surface area contributed by atoms with E-state index in [-0.39, 0.29) is 24.1 Å². The first kappa shape index (κ1) is 13.2. The smallest absolute Gasteiger partial charge is 0.274 e. The largest absolute Gasteiger partial charge is 0.324 e. The SMILES string of the molecule is Cl.N[C@H](c1cc(Cl)ccc1[N+](=O)[O-])C1CC1. The van der Waals surface area contributed by atoms with Crippen molar-refractivity contribution < 1.29 is 4.92 Å². The first-order chi connectivity index (χ1) is 7.09. The lowest BCUT2D eigenvalue weighted by Gasteiger charge is -2.11. The Bertz CT molecular complexity index is 408. The average Bonchev–Trinajstić information content (AvgIpc) is 2.99. The fourth-order valence-electron chi connectivity index (χ4n) is 1.67. The minimum atomic E-state index is -0.409. The van der Waals surface area contributed by atoms with Gasteiger partial charge in [0.15, 0.2) is 0 Å². The van der Waals surface area contributed by atoms with Crippen molar-refractivity contribution in [3.8, 4) is 0 Å². The molecule has 0 aromatic heterocycles. The maximum Gasteiger partial charge on any atom is 0.274 e. The zero-order valence-corrected chi connectivity index (χ0v) is 10.0. The second kappa shape index (κ2) is 4.99. The van der Waals surface area contributed by atoms with Crippen LogP contribution in [0.5, 0.6) is 0 Å². The molecule has 4 nitrogen and oxygen atoms in total. The number of nitro benzene ring substituents is 1. The van der Waals surface area contributed by atoms with E-state index < -0.39 is 4.92 Å². The monoisotopic (exact) mass is 262 g/mol. The van der Waals surface area contributed by atoms with Crippen molar-refractivity contribution >= 4 is 29.7 Å². The third-order valence-electron chi connectivity index (χ3n) is 2.68. The predicted molar refractivity (Wildman–Crippen MR) is 65.0 cm³/mol. The summed E-state index contributed by atoms with van der Waals surface area (Å²) >= 11 is 5.81. The van der Waals surface area contributed by atoms with Gasteiger partial charge in [-0.05, 0) is 30.9 Å². The van der Waals surface area contributed by atoms with Gasteiger partial charge in [0, 0.05) is 22.7 Å². The molecule has 0 unspecified atom stereocenters. The van der Waals surface area contributed by atoms with Gasteiger partial charge in [-0.1, -0.05) is 11.6 Å². The van der Waals surface area contributed by atoms with Gasteiger partial charge in [0.25, 0.3) is 5.69 Å². The lowest BCUT2D eigenvalue weighted by atomic mass is 10.0.